The molecule has 2 atom stereocenters. The lowest BCUT2D eigenvalue weighted by Crippen LogP contribution is -2.43. The van der Waals surface area contributed by atoms with E-state index in [4.69, 9.17) is 14.2 Å². The average Bonchev–Trinajstić information content (AvgIpc) is 2.42. The molecule has 1 aromatic rings. The minimum Gasteiger partial charge on any atom is -0.497 e. The SMILES string of the molecule is COc1cccc(/C=C2\C(=O)OC(C(C)(C)C)OC2C)c1. The highest BCUT2D eigenvalue weighted by atomic mass is 16.7. The normalized spacial score (nSPS) is 24.8. The highest BCUT2D eigenvalue weighted by Crippen LogP contribution is 2.31. The molecule has 0 aliphatic carbocycles. The van der Waals surface area contributed by atoms with Crippen LogP contribution in [0.3, 0.4) is 0 Å². The molecule has 4 nitrogen and oxygen atoms in total. The third-order valence-electron chi connectivity index (χ3n) is 3.34. The van der Waals surface area contributed by atoms with Gasteiger partial charge in [0, 0.05) is 5.41 Å². The highest BCUT2D eigenvalue weighted by molar-refractivity contribution is 5.95. The molecule has 1 aromatic carbocycles. The summed E-state index contributed by atoms with van der Waals surface area (Å²) in [4.78, 5) is 12.2. The lowest BCUT2D eigenvalue weighted by Gasteiger charge is -2.36. The third kappa shape index (κ3) is 3.64. The standard InChI is InChI=1S/C17H22O4/c1-11-14(10-12-7-6-8-13(9-12)19-5)15(18)21-16(20-11)17(2,3)4/h6-11,16H,1-5H3/b14-10-. The van der Waals surface area contributed by atoms with Crippen LogP contribution in [0.5, 0.6) is 5.75 Å². The second-order valence-electron chi connectivity index (χ2n) is 6.26. The Morgan fingerprint density at radius 2 is 2.00 bits per heavy atom. The van der Waals surface area contributed by atoms with Crippen LogP contribution in [-0.4, -0.2) is 25.5 Å². The van der Waals surface area contributed by atoms with Crippen molar-refractivity contribution in [2.75, 3.05) is 7.11 Å². The van der Waals surface area contributed by atoms with E-state index in [0.29, 0.717) is 5.57 Å². The van der Waals surface area contributed by atoms with Crippen LogP contribution in [0.15, 0.2) is 29.8 Å². The first-order valence-electron chi connectivity index (χ1n) is 7.03. The molecule has 0 N–H and O–H groups in total. The maximum Gasteiger partial charge on any atom is 0.339 e. The van der Waals surface area contributed by atoms with E-state index in [9.17, 15) is 4.79 Å². The van der Waals surface area contributed by atoms with Crippen molar-refractivity contribution < 1.29 is 19.0 Å². The monoisotopic (exact) mass is 290 g/mol. The molecule has 114 valence electrons. The fourth-order valence-electron chi connectivity index (χ4n) is 2.09. The summed E-state index contributed by atoms with van der Waals surface area (Å²) in [5, 5.41) is 0. The molecule has 2 rings (SSSR count). The Kier molecular flexibility index (Phi) is 4.37. The number of benzene rings is 1. The van der Waals surface area contributed by atoms with Crippen LogP contribution in [0, 0.1) is 5.41 Å². The molecule has 0 amide bonds. The average molecular weight is 290 g/mol. The van der Waals surface area contributed by atoms with E-state index in [2.05, 4.69) is 0 Å². The van der Waals surface area contributed by atoms with Crippen molar-refractivity contribution in [2.24, 2.45) is 5.41 Å². The van der Waals surface area contributed by atoms with E-state index in [1.807, 2.05) is 52.0 Å². The number of cyclic esters (lactones) is 1. The zero-order chi connectivity index (χ0) is 15.6. The van der Waals surface area contributed by atoms with Crippen molar-refractivity contribution in [1.82, 2.24) is 0 Å². The van der Waals surface area contributed by atoms with E-state index >= 15 is 0 Å². The summed E-state index contributed by atoms with van der Waals surface area (Å²) in [6, 6.07) is 7.51. The first-order valence-corrected chi connectivity index (χ1v) is 7.03. The number of hydrogen-bond donors (Lipinski definition) is 0. The zero-order valence-corrected chi connectivity index (χ0v) is 13.2. The second kappa shape index (κ2) is 5.90. The summed E-state index contributed by atoms with van der Waals surface area (Å²) in [5.74, 6) is 0.422. The quantitative estimate of drug-likeness (QED) is 0.618. The fraction of sp³-hybridized carbons (Fsp3) is 0.471. The van der Waals surface area contributed by atoms with Crippen molar-refractivity contribution in [3.8, 4) is 5.75 Å². The maximum atomic E-state index is 12.2. The van der Waals surface area contributed by atoms with Gasteiger partial charge in [0.15, 0.2) is 0 Å². The van der Waals surface area contributed by atoms with Crippen molar-refractivity contribution >= 4 is 12.0 Å². The maximum absolute atomic E-state index is 12.2. The molecule has 0 radical (unpaired) electrons. The molecular formula is C17H22O4. The molecule has 0 aromatic heterocycles. The summed E-state index contributed by atoms with van der Waals surface area (Å²) < 4.78 is 16.4. The lowest BCUT2D eigenvalue weighted by atomic mass is 9.94. The molecule has 21 heavy (non-hydrogen) atoms. The minimum atomic E-state index is -0.526. The van der Waals surface area contributed by atoms with Gasteiger partial charge >= 0.3 is 5.97 Å². The molecule has 1 saturated heterocycles. The van der Waals surface area contributed by atoms with Crippen molar-refractivity contribution in [3.05, 3.63) is 35.4 Å². The smallest absolute Gasteiger partial charge is 0.339 e. The topological polar surface area (TPSA) is 44.8 Å². The van der Waals surface area contributed by atoms with Crippen molar-refractivity contribution in [3.63, 3.8) is 0 Å². The number of hydrogen-bond acceptors (Lipinski definition) is 4. The van der Waals surface area contributed by atoms with Gasteiger partial charge in [0.2, 0.25) is 6.29 Å². The Bertz CT molecular complexity index is 554. The van der Waals surface area contributed by atoms with E-state index in [0.717, 1.165) is 11.3 Å². The Morgan fingerprint density at radius 3 is 2.57 bits per heavy atom. The molecule has 1 fully saturated rings. The van der Waals surface area contributed by atoms with Crippen molar-refractivity contribution in [1.29, 1.82) is 0 Å². The first kappa shape index (κ1) is 15.6. The molecule has 0 bridgehead atoms. The largest absolute Gasteiger partial charge is 0.497 e. The van der Waals surface area contributed by atoms with Gasteiger partial charge in [0.25, 0.3) is 0 Å². The molecule has 1 heterocycles. The number of ether oxygens (including phenoxy) is 3. The fourth-order valence-corrected chi connectivity index (χ4v) is 2.09. The van der Waals surface area contributed by atoms with Crippen LogP contribution in [0.25, 0.3) is 6.08 Å². The summed E-state index contributed by atoms with van der Waals surface area (Å²) >= 11 is 0. The number of rotatable bonds is 2. The van der Waals surface area contributed by atoms with Crippen LogP contribution < -0.4 is 4.74 Å². The Balaban J connectivity index is 2.24. The van der Waals surface area contributed by atoms with Crippen LogP contribution in [0.2, 0.25) is 0 Å². The molecule has 0 spiro atoms. The molecule has 1 aliphatic rings. The summed E-state index contributed by atoms with van der Waals surface area (Å²) in [5.41, 5.74) is 1.15. The van der Waals surface area contributed by atoms with Gasteiger partial charge in [0.1, 0.15) is 5.75 Å². The van der Waals surface area contributed by atoms with Gasteiger partial charge in [0.05, 0.1) is 18.8 Å². The van der Waals surface area contributed by atoms with E-state index in [1.54, 1.807) is 13.2 Å². The van der Waals surface area contributed by atoms with Gasteiger partial charge < -0.3 is 14.2 Å². The van der Waals surface area contributed by atoms with Gasteiger partial charge in [-0.25, -0.2) is 4.79 Å². The van der Waals surface area contributed by atoms with Gasteiger partial charge in [-0.1, -0.05) is 32.9 Å². The van der Waals surface area contributed by atoms with E-state index in [-0.39, 0.29) is 17.5 Å². The molecule has 2 unspecified atom stereocenters. The van der Waals surface area contributed by atoms with Gasteiger partial charge in [-0.2, -0.15) is 0 Å². The molecular weight excluding hydrogens is 268 g/mol. The van der Waals surface area contributed by atoms with Crippen LogP contribution in [-0.2, 0) is 14.3 Å². The second-order valence-corrected chi connectivity index (χ2v) is 6.26. The third-order valence-corrected chi connectivity index (χ3v) is 3.34. The molecule has 1 aliphatic heterocycles. The van der Waals surface area contributed by atoms with Crippen LogP contribution in [0.1, 0.15) is 33.3 Å². The predicted octanol–water partition coefficient (Wildman–Crippen LogP) is 3.41. The number of methoxy groups -OCH3 is 1. The van der Waals surface area contributed by atoms with Crippen LogP contribution >= 0.6 is 0 Å². The summed E-state index contributed by atoms with van der Waals surface area (Å²) in [7, 11) is 1.61. The number of carbonyl (C=O) groups is 1. The summed E-state index contributed by atoms with van der Waals surface area (Å²) in [6.45, 7) is 7.81. The van der Waals surface area contributed by atoms with Gasteiger partial charge in [-0.3, -0.25) is 0 Å². The van der Waals surface area contributed by atoms with Crippen molar-refractivity contribution in [2.45, 2.75) is 40.1 Å². The Morgan fingerprint density at radius 1 is 1.29 bits per heavy atom. The van der Waals surface area contributed by atoms with Gasteiger partial charge in [-0.05, 0) is 30.7 Å². The van der Waals surface area contributed by atoms with Crippen LogP contribution in [0.4, 0.5) is 0 Å². The number of esters is 1. The Hall–Kier alpha value is -1.81. The predicted molar refractivity (Wildman–Crippen MR) is 80.9 cm³/mol. The van der Waals surface area contributed by atoms with E-state index < -0.39 is 6.29 Å². The molecule has 0 saturated carbocycles. The summed E-state index contributed by atoms with van der Waals surface area (Å²) in [6.07, 6.45) is 0.957. The Labute approximate surface area is 125 Å². The number of carbonyl (C=O) groups excluding carboxylic acids is 1. The highest BCUT2D eigenvalue weighted by Gasteiger charge is 2.38. The van der Waals surface area contributed by atoms with Gasteiger partial charge in [-0.15, -0.1) is 0 Å². The van der Waals surface area contributed by atoms with E-state index in [1.165, 1.54) is 0 Å². The first-order chi connectivity index (χ1) is 9.81. The minimum absolute atomic E-state index is 0.245. The molecule has 4 heteroatoms. The lowest BCUT2D eigenvalue weighted by molar-refractivity contribution is -0.225. The zero-order valence-electron chi connectivity index (χ0n) is 13.2.